The molecule has 0 aliphatic heterocycles. The largest absolute Gasteiger partial charge is 0.415 e. The van der Waals surface area contributed by atoms with Crippen LogP contribution in [0.1, 0.15) is 5.56 Å². The van der Waals surface area contributed by atoms with Crippen LogP contribution < -0.4 is 4.74 Å². The number of hydrogen-bond donors (Lipinski definition) is 1. The van der Waals surface area contributed by atoms with Crippen molar-refractivity contribution in [3.63, 3.8) is 0 Å². The summed E-state index contributed by atoms with van der Waals surface area (Å²) in [7, 11) is -4.02. The van der Waals surface area contributed by atoms with Crippen LogP contribution in [0.5, 0.6) is 5.75 Å². The van der Waals surface area contributed by atoms with Crippen LogP contribution in [-0.2, 0) is 10.1 Å². The first-order valence-corrected chi connectivity index (χ1v) is 7.57. The number of aryl methyl sites for hydroxylation is 1. The van der Waals surface area contributed by atoms with Crippen molar-refractivity contribution in [1.82, 2.24) is 0 Å². The number of hydrogen-bond acceptors (Lipinski definition) is 4. The summed E-state index contributed by atoms with van der Waals surface area (Å²) in [5, 5.41) is 0. The summed E-state index contributed by atoms with van der Waals surface area (Å²) in [4.78, 5) is 10.1. The van der Waals surface area contributed by atoms with Crippen molar-refractivity contribution in [2.75, 3.05) is 0 Å². The van der Waals surface area contributed by atoms with E-state index in [0.29, 0.717) is 5.75 Å². The number of rotatable bonds is 2. The molecule has 0 amide bonds. The molecule has 0 aromatic heterocycles. The van der Waals surface area contributed by atoms with Crippen molar-refractivity contribution >= 4 is 27.1 Å². The highest BCUT2D eigenvalue weighted by Crippen LogP contribution is 2.09. The smallest absolute Gasteiger partial charge is 0.409 e. The highest BCUT2D eigenvalue weighted by Gasteiger charge is 2.06. The van der Waals surface area contributed by atoms with Gasteiger partial charge in [-0.25, -0.2) is 4.79 Å². The summed E-state index contributed by atoms with van der Waals surface area (Å²) >= 11 is 4.95. The Kier molecular flexibility index (Phi) is 6.36. The van der Waals surface area contributed by atoms with E-state index in [1.54, 1.807) is 36.4 Å². The van der Waals surface area contributed by atoms with Crippen molar-refractivity contribution in [2.24, 2.45) is 0 Å². The monoisotopic (exact) mass is 328 g/mol. The molecular weight excluding hydrogens is 316 g/mol. The van der Waals surface area contributed by atoms with Gasteiger partial charge >= 0.3 is 5.43 Å². The maximum absolute atomic E-state index is 10.5. The number of halogens is 1. The molecule has 0 saturated carbocycles. The van der Waals surface area contributed by atoms with Gasteiger partial charge in [0.2, 0.25) is 0 Å². The third-order valence-electron chi connectivity index (χ3n) is 2.26. The highest BCUT2D eigenvalue weighted by molar-refractivity contribution is 7.85. The van der Waals surface area contributed by atoms with Gasteiger partial charge in [0.05, 0.1) is 4.90 Å². The van der Waals surface area contributed by atoms with E-state index in [1.807, 2.05) is 13.0 Å². The third kappa shape index (κ3) is 6.89. The van der Waals surface area contributed by atoms with Crippen LogP contribution in [0, 0.1) is 6.92 Å². The number of para-hydroxylation sites is 1. The Morgan fingerprint density at radius 2 is 1.57 bits per heavy atom. The van der Waals surface area contributed by atoms with Crippen molar-refractivity contribution in [1.29, 1.82) is 0 Å². The first-order valence-electron chi connectivity index (χ1n) is 5.75. The average molecular weight is 329 g/mol. The lowest BCUT2D eigenvalue weighted by atomic mass is 10.2. The van der Waals surface area contributed by atoms with Gasteiger partial charge in [-0.05, 0) is 31.2 Å². The van der Waals surface area contributed by atoms with Gasteiger partial charge in [-0.1, -0.05) is 35.9 Å². The molecule has 21 heavy (non-hydrogen) atoms. The minimum atomic E-state index is -4.02. The van der Waals surface area contributed by atoms with Crippen LogP contribution in [-0.4, -0.2) is 18.4 Å². The number of ether oxygens (including phenoxy) is 1. The number of benzene rings is 2. The molecule has 0 heterocycles. The fourth-order valence-corrected chi connectivity index (χ4v) is 1.86. The number of carbonyl (C=O) groups excluding carboxylic acids is 1. The van der Waals surface area contributed by atoms with Gasteiger partial charge in [-0.3, -0.25) is 4.55 Å². The summed E-state index contributed by atoms with van der Waals surface area (Å²) in [5.74, 6) is 0.461. The maximum Gasteiger partial charge on any atom is 0.409 e. The molecule has 7 heteroatoms. The fourth-order valence-electron chi connectivity index (χ4n) is 1.29. The van der Waals surface area contributed by atoms with Gasteiger partial charge in [-0.15, -0.1) is 0 Å². The van der Waals surface area contributed by atoms with E-state index in [-0.39, 0.29) is 4.90 Å². The Morgan fingerprint density at radius 3 is 2.00 bits per heavy atom. The molecule has 2 aromatic rings. The molecule has 0 aliphatic carbocycles. The third-order valence-corrected chi connectivity index (χ3v) is 3.21. The van der Waals surface area contributed by atoms with E-state index >= 15 is 0 Å². The first-order chi connectivity index (χ1) is 9.79. The molecule has 2 rings (SSSR count). The zero-order valence-corrected chi connectivity index (χ0v) is 12.6. The van der Waals surface area contributed by atoms with E-state index in [9.17, 15) is 13.2 Å². The van der Waals surface area contributed by atoms with E-state index in [2.05, 4.69) is 4.74 Å². The summed E-state index contributed by atoms with van der Waals surface area (Å²) in [6.07, 6.45) is 0. The quantitative estimate of drug-likeness (QED) is 0.672. The average Bonchev–Trinajstić information content (AvgIpc) is 2.39. The molecule has 0 atom stereocenters. The van der Waals surface area contributed by atoms with E-state index < -0.39 is 15.5 Å². The Morgan fingerprint density at radius 1 is 1.05 bits per heavy atom. The van der Waals surface area contributed by atoms with Gasteiger partial charge in [0.15, 0.2) is 0 Å². The summed E-state index contributed by atoms with van der Waals surface area (Å²) in [6, 6.07) is 14.6. The summed E-state index contributed by atoms with van der Waals surface area (Å²) < 4.78 is 34.1. The van der Waals surface area contributed by atoms with Crippen LogP contribution in [0.15, 0.2) is 59.5 Å². The zero-order valence-electron chi connectivity index (χ0n) is 11.1. The minimum Gasteiger partial charge on any atom is -0.415 e. The topological polar surface area (TPSA) is 80.7 Å². The van der Waals surface area contributed by atoms with Gasteiger partial charge < -0.3 is 4.74 Å². The van der Waals surface area contributed by atoms with E-state index in [0.717, 1.165) is 5.56 Å². The molecule has 0 bridgehead atoms. The lowest BCUT2D eigenvalue weighted by Crippen LogP contribution is -1.96. The van der Waals surface area contributed by atoms with Gasteiger partial charge in [0, 0.05) is 11.6 Å². The molecule has 0 fully saturated rings. The van der Waals surface area contributed by atoms with Crippen LogP contribution >= 0.6 is 11.6 Å². The Hall–Kier alpha value is -1.89. The summed E-state index contributed by atoms with van der Waals surface area (Å²) in [5.41, 5.74) is 0.142. The summed E-state index contributed by atoms with van der Waals surface area (Å²) in [6.45, 7) is 1.84. The van der Waals surface area contributed by atoms with Crippen molar-refractivity contribution in [2.45, 2.75) is 11.8 Å². The van der Waals surface area contributed by atoms with Crippen molar-refractivity contribution in [3.05, 3.63) is 60.2 Å². The van der Waals surface area contributed by atoms with Crippen LogP contribution in [0.25, 0.3) is 0 Å². The van der Waals surface area contributed by atoms with E-state index in [1.165, 1.54) is 12.1 Å². The Balaban J connectivity index is 0.000000211. The van der Waals surface area contributed by atoms with E-state index in [4.69, 9.17) is 16.2 Å². The predicted molar refractivity (Wildman–Crippen MR) is 79.3 cm³/mol. The second-order valence-corrected chi connectivity index (χ2v) is 5.67. The molecule has 112 valence electrons. The molecule has 0 spiro atoms. The minimum absolute atomic E-state index is 0.0666. The molecule has 0 radical (unpaired) electrons. The van der Waals surface area contributed by atoms with Crippen LogP contribution in [0.3, 0.4) is 0 Å². The molecular formula is C14H13ClO5S. The molecule has 2 aromatic carbocycles. The highest BCUT2D eigenvalue weighted by atomic mass is 35.5. The van der Waals surface area contributed by atoms with Crippen LogP contribution in [0.4, 0.5) is 4.79 Å². The Labute approximate surface area is 127 Å². The van der Waals surface area contributed by atoms with Crippen LogP contribution in [0.2, 0.25) is 0 Å². The van der Waals surface area contributed by atoms with Gasteiger partial charge in [0.25, 0.3) is 10.1 Å². The molecule has 0 saturated heterocycles. The normalized spacial score (nSPS) is 10.2. The molecule has 5 nitrogen and oxygen atoms in total. The first kappa shape index (κ1) is 17.2. The standard InChI is InChI=1S/C7H5ClO2.C7H8O3S/c8-7(9)10-6-4-2-1-3-5-6;1-6-2-4-7(5-3-6)11(8,9)10/h1-5H;2-5H,1H3,(H,8,9,10). The maximum atomic E-state index is 10.5. The molecule has 1 N–H and O–H groups in total. The van der Waals surface area contributed by atoms with Crippen molar-refractivity contribution < 1.29 is 22.5 Å². The van der Waals surface area contributed by atoms with Gasteiger partial charge in [0.1, 0.15) is 5.75 Å². The Bertz CT molecular complexity index is 681. The van der Waals surface area contributed by atoms with Crippen molar-refractivity contribution in [3.8, 4) is 5.75 Å². The number of carbonyl (C=O) groups is 1. The zero-order chi connectivity index (χ0) is 15.9. The molecule has 0 aliphatic rings. The second kappa shape index (κ2) is 7.78. The molecule has 0 unspecified atom stereocenters. The fraction of sp³-hybridized carbons (Fsp3) is 0.0714. The lowest BCUT2D eigenvalue weighted by Gasteiger charge is -1.95. The van der Waals surface area contributed by atoms with Gasteiger partial charge in [-0.2, -0.15) is 8.42 Å². The second-order valence-electron chi connectivity index (χ2n) is 3.94. The predicted octanol–water partition coefficient (Wildman–Crippen LogP) is 3.67. The SMILES string of the molecule is Cc1ccc(S(=O)(=O)O)cc1.O=C(Cl)Oc1ccccc1. The lowest BCUT2D eigenvalue weighted by molar-refractivity contribution is 0.225.